The number of nitro benzene ring substituents is 1. The van der Waals surface area contributed by atoms with Crippen LogP contribution in [0.4, 0.5) is 5.69 Å². The second kappa shape index (κ2) is 6.96. The fraction of sp³-hybridized carbons (Fsp3) is 0.375. The highest BCUT2D eigenvalue weighted by atomic mass is 32.2. The number of hydrogen-bond donors (Lipinski definition) is 0. The van der Waals surface area contributed by atoms with Crippen LogP contribution in [0.15, 0.2) is 29.6 Å². The molecule has 2 aromatic rings. The first-order valence-electron chi connectivity index (χ1n) is 7.86. The fourth-order valence-electron chi connectivity index (χ4n) is 2.91. The Bertz CT molecular complexity index is 961. The van der Waals surface area contributed by atoms with Gasteiger partial charge in [0.1, 0.15) is 5.75 Å². The van der Waals surface area contributed by atoms with Gasteiger partial charge in [-0.3, -0.25) is 15.0 Å². The van der Waals surface area contributed by atoms with Crippen LogP contribution in [0.2, 0.25) is 0 Å². The van der Waals surface area contributed by atoms with Crippen LogP contribution in [0.25, 0.3) is 0 Å². The van der Waals surface area contributed by atoms with E-state index < -0.39 is 14.8 Å². The zero-order valence-electron chi connectivity index (χ0n) is 14.4. The van der Waals surface area contributed by atoms with E-state index in [4.69, 9.17) is 4.74 Å². The Morgan fingerprint density at radius 1 is 1.38 bits per heavy atom. The number of non-ortho nitro benzene ring substituents is 1. The molecule has 1 aromatic heterocycles. The molecule has 0 aliphatic carbocycles. The molecule has 0 amide bonds. The van der Waals surface area contributed by atoms with Gasteiger partial charge in [0, 0.05) is 61.8 Å². The van der Waals surface area contributed by atoms with E-state index in [1.54, 1.807) is 6.07 Å². The lowest BCUT2D eigenvalue weighted by Crippen LogP contribution is -2.31. The summed E-state index contributed by atoms with van der Waals surface area (Å²) in [5, 5.41) is 10.8. The average molecular weight is 378 g/mol. The van der Waals surface area contributed by atoms with Crippen molar-refractivity contribution in [3.8, 4) is 5.75 Å². The summed E-state index contributed by atoms with van der Waals surface area (Å²) >= 11 is 0. The van der Waals surface area contributed by atoms with Crippen molar-refractivity contribution >= 4 is 15.5 Å². The molecule has 1 aromatic carbocycles. The normalized spacial score (nSPS) is 14.7. The summed E-state index contributed by atoms with van der Waals surface area (Å²) in [6, 6.07) is 4.51. The Morgan fingerprint density at radius 2 is 2.15 bits per heavy atom. The maximum Gasteiger partial charge on any atom is 0.270 e. The highest BCUT2D eigenvalue weighted by Gasteiger charge is 2.22. The van der Waals surface area contributed by atoms with E-state index in [9.17, 15) is 18.5 Å². The molecule has 0 atom stereocenters. The molecular formula is C16H18N4O5S. The molecule has 0 saturated carbocycles. The van der Waals surface area contributed by atoms with Gasteiger partial charge in [0.15, 0.2) is 0 Å². The predicted molar refractivity (Wildman–Crippen MR) is 92.6 cm³/mol. The van der Waals surface area contributed by atoms with E-state index in [0.717, 1.165) is 23.1 Å². The molecular weight excluding hydrogens is 360 g/mol. The van der Waals surface area contributed by atoms with Gasteiger partial charge in [-0.25, -0.2) is 18.4 Å². The number of nitrogens with zero attached hydrogens (tertiary/aromatic N) is 4. The number of rotatable bonds is 5. The van der Waals surface area contributed by atoms with E-state index in [2.05, 4.69) is 14.9 Å². The molecule has 1 aliphatic rings. The maximum absolute atomic E-state index is 11.6. The fourth-order valence-corrected chi connectivity index (χ4v) is 3.43. The molecule has 0 radical (unpaired) electrons. The molecule has 1 aliphatic heterocycles. The molecule has 26 heavy (non-hydrogen) atoms. The number of sulfone groups is 1. The van der Waals surface area contributed by atoms with Crippen molar-refractivity contribution in [2.75, 3.05) is 19.9 Å². The average Bonchev–Trinajstić information content (AvgIpc) is 2.60. The second-order valence-electron chi connectivity index (χ2n) is 6.11. The van der Waals surface area contributed by atoms with E-state index in [1.807, 2.05) is 0 Å². The van der Waals surface area contributed by atoms with Crippen molar-refractivity contribution in [3.63, 3.8) is 0 Å². The maximum atomic E-state index is 11.6. The topological polar surface area (TPSA) is 116 Å². The molecule has 0 unspecified atom stereocenters. The van der Waals surface area contributed by atoms with Gasteiger partial charge < -0.3 is 4.74 Å². The number of aromatic nitrogens is 2. The minimum Gasteiger partial charge on any atom is -0.496 e. The van der Waals surface area contributed by atoms with Crippen molar-refractivity contribution < 1.29 is 18.1 Å². The van der Waals surface area contributed by atoms with Crippen LogP contribution in [-0.2, 0) is 29.3 Å². The van der Waals surface area contributed by atoms with Crippen LogP contribution >= 0.6 is 0 Å². The van der Waals surface area contributed by atoms with E-state index in [1.165, 1.54) is 25.4 Å². The van der Waals surface area contributed by atoms with Crippen molar-refractivity contribution in [1.29, 1.82) is 0 Å². The summed E-state index contributed by atoms with van der Waals surface area (Å²) in [6.07, 6.45) is 3.20. The summed E-state index contributed by atoms with van der Waals surface area (Å²) < 4.78 is 28.5. The monoisotopic (exact) mass is 378 g/mol. The number of benzene rings is 1. The SMILES string of the molecule is COc1ccc([N+](=O)[O-])cc1CN1CCc2nc(S(C)(=O)=O)ncc2C1. The lowest BCUT2D eigenvalue weighted by atomic mass is 10.1. The molecule has 0 fully saturated rings. The van der Waals surface area contributed by atoms with Gasteiger partial charge in [0.2, 0.25) is 15.0 Å². The van der Waals surface area contributed by atoms with E-state index in [0.29, 0.717) is 31.8 Å². The minimum absolute atomic E-state index is 0.0133. The van der Waals surface area contributed by atoms with Gasteiger partial charge in [0.25, 0.3) is 5.69 Å². The molecule has 3 rings (SSSR count). The summed E-state index contributed by atoms with van der Waals surface area (Å²) in [4.78, 5) is 20.8. The Morgan fingerprint density at radius 3 is 2.81 bits per heavy atom. The smallest absolute Gasteiger partial charge is 0.270 e. The zero-order chi connectivity index (χ0) is 18.9. The molecule has 0 N–H and O–H groups in total. The molecule has 2 heterocycles. The lowest BCUT2D eigenvalue weighted by molar-refractivity contribution is -0.385. The Balaban J connectivity index is 1.82. The standard InChI is InChI=1S/C16H18N4O5S/c1-25-15-4-3-13(20(21)22)7-11(15)9-19-6-5-14-12(10-19)8-17-16(18-14)26(2,23)24/h3-4,7-8H,5-6,9-10H2,1-2H3. The second-order valence-corrected chi connectivity index (χ2v) is 8.02. The van der Waals surface area contributed by atoms with Crippen LogP contribution in [0.1, 0.15) is 16.8 Å². The van der Waals surface area contributed by atoms with Crippen molar-refractivity contribution in [3.05, 3.63) is 51.3 Å². The number of ether oxygens (including phenoxy) is 1. The van der Waals surface area contributed by atoms with Crippen LogP contribution in [0, 0.1) is 10.1 Å². The molecule has 10 heteroatoms. The number of fused-ring (bicyclic) bond motifs is 1. The quantitative estimate of drug-likeness (QED) is 0.435. The zero-order valence-corrected chi connectivity index (χ0v) is 15.2. The van der Waals surface area contributed by atoms with Gasteiger partial charge in [-0.15, -0.1) is 0 Å². The molecule has 0 spiro atoms. The highest BCUT2D eigenvalue weighted by molar-refractivity contribution is 7.90. The Hall–Kier alpha value is -2.59. The van der Waals surface area contributed by atoms with Crippen LogP contribution in [0.5, 0.6) is 5.75 Å². The molecule has 0 bridgehead atoms. The number of nitro groups is 1. The van der Waals surface area contributed by atoms with Gasteiger partial charge in [-0.05, 0) is 6.07 Å². The first kappa shape index (κ1) is 18.2. The van der Waals surface area contributed by atoms with Gasteiger partial charge in [0.05, 0.1) is 17.7 Å². The van der Waals surface area contributed by atoms with Crippen LogP contribution < -0.4 is 4.74 Å². The Kier molecular flexibility index (Phi) is 4.88. The van der Waals surface area contributed by atoms with Crippen molar-refractivity contribution in [2.24, 2.45) is 0 Å². The minimum atomic E-state index is -3.44. The van der Waals surface area contributed by atoms with Crippen LogP contribution in [-0.4, -0.2) is 48.1 Å². The Labute approximate surface area is 150 Å². The van der Waals surface area contributed by atoms with Crippen LogP contribution in [0.3, 0.4) is 0 Å². The third kappa shape index (κ3) is 3.81. The van der Waals surface area contributed by atoms with E-state index in [-0.39, 0.29) is 10.8 Å². The molecule has 9 nitrogen and oxygen atoms in total. The lowest BCUT2D eigenvalue weighted by Gasteiger charge is -2.28. The van der Waals surface area contributed by atoms with E-state index >= 15 is 0 Å². The third-order valence-corrected chi connectivity index (χ3v) is 5.05. The largest absolute Gasteiger partial charge is 0.496 e. The van der Waals surface area contributed by atoms with Crippen molar-refractivity contribution in [1.82, 2.24) is 14.9 Å². The van der Waals surface area contributed by atoms with Gasteiger partial charge >= 0.3 is 0 Å². The summed E-state index contributed by atoms with van der Waals surface area (Å²) in [5.74, 6) is 0.588. The summed E-state index contributed by atoms with van der Waals surface area (Å²) in [7, 11) is -1.91. The first-order valence-corrected chi connectivity index (χ1v) is 9.75. The molecule has 138 valence electrons. The summed E-state index contributed by atoms with van der Waals surface area (Å²) in [5.41, 5.74) is 2.31. The predicted octanol–water partition coefficient (Wildman–Crippen LogP) is 1.36. The van der Waals surface area contributed by atoms with Gasteiger partial charge in [-0.2, -0.15) is 0 Å². The van der Waals surface area contributed by atoms with Crippen molar-refractivity contribution in [2.45, 2.75) is 24.7 Å². The highest BCUT2D eigenvalue weighted by Crippen LogP contribution is 2.27. The summed E-state index contributed by atoms with van der Waals surface area (Å²) in [6.45, 7) is 1.66. The third-order valence-electron chi connectivity index (χ3n) is 4.19. The molecule has 0 saturated heterocycles. The van der Waals surface area contributed by atoms with Gasteiger partial charge in [-0.1, -0.05) is 0 Å². The number of hydrogen-bond acceptors (Lipinski definition) is 8. The first-order chi connectivity index (χ1) is 12.3. The number of methoxy groups -OCH3 is 1.